The maximum atomic E-state index is 12.6. The van der Waals surface area contributed by atoms with E-state index >= 15 is 0 Å². The molecule has 1 aliphatic carbocycles. The summed E-state index contributed by atoms with van der Waals surface area (Å²) in [6.45, 7) is 0. The summed E-state index contributed by atoms with van der Waals surface area (Å²) in [5, 5.41) is 2.97. The van der Waals surface area contributed by atoms with Crippen LogP contribution in [-0.2, 0) is 11.0 Å². The zero-order chi connectivity index (χ0) is 21.6. The van der Waals surface area contributed by atoms with Gasteiger partial charge >= 0.3 is 6.18 Å². The van der Waals surface area contributed by atoms with E-state index < -0.39 is 11.7 Å². The third kappa shape index (κ3) is 6.23. The zero-order valence-electron chi connectivity index (χ0n) is 16.5. The number of amides is 1. The van der Waals surface area contributed by atoms with Gasteiger partial charge in [0.2, 0.25) is 11.8 Å². The molecule has 1 fully saturated rings. The summed E-state index contributed by atoms with van der Waals surface area (Å²) in [6, 6.07) is 9.61. The maximum Gasteiger partial charge on any atom is 0.417 e. The number of hydrogen-bond donors (Lipinski definition) is 1. The fourth-order valence-electron chi connectivity index (χ4n) is 3.25. The molecule has 0 saturated heterocycles. The van der Waals surface area contributed by atoms with Crippen molar-refractivity contribution in [2.24, 2.45) is 0 Å². The average Bonchev–Trinajstić information content (AvgIpc) is 2.74. The Morgan fingerprint density at radius 1 is 1.10 bits per heavy atom. The van der Waals surface area contributed by atoms with E-state index in [4.69, 9.17) is 9.47 Å². The van der Waals surface area contributed by atoms with Crippen LogP contribution < -0.4 is 14.8 Å². The van der Waals surface area contributed by atoms with Crippen LogP contribution in [0.5, 0.6) is 11.6 Å². The van der Waals surface area contributed by atoms with Gasteiger partial charge in [-0.1, -0.05) is 12.1 Å². The molecule has 0 spiro atoms. The van der Waals surface area contributed by atoms with Gasteiger partial charge in [-0.2, -0.15) is 13.2 Å². The van der Waals surface area contributed by atoms with Crippen molar-refractivity contribution < 1.29 is 27.4 Å². The molecule has 160 valence electrons. The van der Waals surface area contributed by atoms with Crippen molar-refractivity contribution in [1.29, 1.82) is 0 Å². The van der Waals surface area contributed by atoms with E-state index in [2.05, 4.69) is 10.3 Å². The van der Waals surface area contributed by atoms with E-state index in [-0.39, 0.29) is 23.9 Å². The van der Waals surface area contributed by atoms with Crippen LogP contribution in [0.2, 0.25) is 0 Å². The van der Waals surface area contributed by atoms with Crippen LogP contribution in [0.4, 0.5) is 13.2 Å². The van der Waals surface area contributed by atoms with Gasteiger partial charge in [0, 0.05) is 24.4 Å². The van der Waals surface area contributed by atoms with Crippen molar-refractivity contribution >= 4 is 12.0 Å². The molecule has 0 unspecified atom stereocenters. The first-order valence-corrected chi connectivity index (χ1v) is 9.66. The van der Waals surface area contributed by atoms with Crippen molar-refractivity contribution in [3.05, 3.63) is 59.8 Å². The van der Waals surface area contributed by atoms with Gasteiger partial charge in [-0.15, -0.1) is 0 Å². The molecule has 1 aromatic heterocycles. The van der Waals surface area contributed by atoms with Crippen LogP contribution in [-0.4, -0.2) is 30.1 Å². The smallest absolute Gasteiger partial charge is 0.417 e. The number of carbonyl (C=O) groups is 1. The van der Waals surface area contributed by atoms with Gasteiger partial charge < -0.3 is 14.8 Å². The Hall–Kier alpha value is -3.03. The van der Waals surface area contributed by atoms with Gasteiger partial charge in [0.1, 0.15) is 11.9 Å². The van der Waals surface area contributed by atoms with Crippen LogP contribution in [0.25, 0.3) is 6.08 Å². The minimum Gasteiger partial charge on any atom is -0.497 e. The van der Waals surface area contributed by atoms with Gasteiger partial charge in [0.15, 0.2) is 0 Å². The molecule has 3 rings (SSSR count). The average molecular weight is 420 g/mol. The number of alkyl halides is 3. The summed E-state index contributed by atoms with van der Waals surface area (Å²) in [5.74, 6) is 0.763. The molecule has 8 heteroatoms. The van der Waals surface area contributed by atoms with Gasteiger partial charge in [0.25, 0.3) is 0 Å². The topological polar surface area (TPSA) is 60.5 Å². The van der Waals surface area contributed by atoms with Crippen molar-refractivity contribution in [3.63, 3.8) is 0 Å². The summed E-state index contributed by atoms with van der Waals surface area (Å²) < 4.78 is 48.5. The second-order valence-corrected chi connectivity index (χ2v) is 7.09. The minimum absolute atomic E-state index is 0.0402. The first-order valence-electron chi connectivity index (χ1n) is 9.66. The minimum atomic E-state index is -4.41. The number of pyridine rings is 1. The number of halogens is 3. The molecule has 5 nitrogen and oxygen atoms in total. The number of nitrogens with one attached hydrogen (secondary N) is 1. The second-order valence-electron chi connectivity index (χ2n) is 7.09. The van der Waals surface area contributed by atoms with Crippen LogP contribution >= 0.6 is 0 Å². The highest BCUT2D eigenvalue weighted by molar-refractivity contribution is 5.91. The van der Waals surface area contributed by atoms with Gasteiger partial charge in [0.05, 0.1) is 12.7 Å². The van der Waals surface area contributed by atoms with Gasteiger partial charge in [-0.05, 0) is 55.5 Å². The van der Waals surface area contributed by atoms with Crippen LogP contribution in [0.3, 0.4) is 0 Å². The molecule has 0 aliphatic heterocycles. The Balaban J connectivity index is 1.42. The van der Waals surface area contributed by atoms with Gasteiger partial charge in [-0.25, -0.2) is 4.98 Å². The summed E-state index contributed by atoms with van der Waals surface area (Å²) in [4.78, 5) is 15.9. The molecule has 0 radical (unpaired) electrons. The molecule has 1 amide bonds. The van der Waals surface area contributed by atoms with Crippen LogP contribution in [0.1, 0.15) is 36.8 Å². The van der Waals surface area contributed by atoms with Crippen LogP contribution in [0, 0.1) is 0 Å². The lowest BCUT2D eigenvalue weighted by Crippen LogP contribution is -2.39. The van der Waals surface area contributed by atoms with E-state index in [0.29, 0.717) is 12.8 Å². The Labute approximate surface area is 172 Å². The Morgan fingerprint density at radius 2 is 1.80 bits per heavy atom. The monoisotopic (exact) mass is 420 g/mol. The van der Waals surface area contributed by atoms with Crippen LogP contribution in [0.15, 0.2) is 48.7 Å². The van der Waals surface area contributed by atoms with Crippen molar-refractivity contribution in [3.8, 4) is 11.6 Å². The third-order valence-electron chi connectivity index (χ3n) is 4.91. The number of ether oxygens (including phenoxy) is 2. The Kier molecular flexibility index (Phi) is 6.97. The van der Waals surface area contributed by atoms with Crippen molar-refractivity contribution in [2.45, 2.75) is 44.0 Å². The van der Waals surface area contributed by atoms with Crippen molar-refractivity contribution in [2.75, 3.05) is 7.11 Å². The van der Waals surface area contributed by atoms with E-state index in [1.54, 1.807) is 13.2 Å². The highest BCUT2D eigenvalue weighted by Gasteiger charge is 2.31. The summed E-state index contributed by atoms with van der Waals surface area (Å²) >= 11 is 0. The molecule has 30 heavy (non-hydrogen) atoms. The lowest BCUT2D eigenvalue weighted by molar-refractivity contribution is -0.137. The lowest BCUT2D eigenvalue weighted by Gasteiger charge is -2.29. The molecule has 0 bridgehead atoms. The standard InChI is InChI=1S/C22H23F3N2O3/c1-29-18-8-2-15(3-9-18)4-12-20(28)27-17-6-10-19(11-7-17)30-21-13-5-16(14-26-21)22(23,24)25/h2-5,8-9,12-14,17,19H,6-7,10-11H2,1H3,(H,27,28)/b12-4+. The van der Waals surface area contributed by atoms with Gasteiger partial charge in [-0.3, -0.25) is 4.79 Å². The number of methoxy groups -OCH3 is 1. The van der Waals surface area contributed by atoms with E-state index in [9.17, 15) is 18.0 Å². The number of benzene rings is 1. The summed E-state index contributed by atoms with van der Waals surface area (Å²) in [6.07, 6.45) is 2.31. The maximum absolute atomic E-state index is 12.6. The SMILES string of the molecule is COc1ccc(/C=C/C(=O)NC2CCC(Oc3ccc(C(F)(F)F)cn3)CC2)cc1. The predicted octanol–water partition coefficient (Wildman–Crippen LogP) is 4.63. The first kappa shape index (κ1) is 21.7. The lowest BCUT2D eigenvalue weighted by atomic mass is 9.93. The largest absolute Gasteiger partial charge is 0.497 e. The first-order chi connectivity index (χ1) is 14.3. The summed E-state index contributed by atoms with van der Waals surface area (Å²) in [7, 11) is 1.60. The van der Waals surface area contributed by atoms with Crippen molar-refractivity contribution in [1.82, 2.24) is 10.3 Å². The second kappa shape index (κ2) is 9.65. The number of hydrogen-bond acceptors (Lipinski definition) is 4. The zero-order valence-corrected chi connectivity index (χ0v) is 16.5. The molecule has 1 heterocycles. The summed E-state index contributed by atoms with van der Waals surface area (Å²) in [5.41, 5.74) is 0.0936. The van der Waals surface area contributed by atoms with E-state index in [1.165, 1.54) is 12.1 Å². The van der Waals surface area contributed by atoms with E-state index in [1.807, 2.05) is 24.3 Å². The number of carbonyl (C=O) groups excluding carboxylic acids is 1. The number of nitrogens with zero attached hydrogens (tertiary/aromatic N) is 1. The highest BCUT2D eigenvalue weighted by atomic mass is 19.4. The normalized spacial score (nSPS) is 19.5. The fraction of sp³-hybridized carbons (Fsp3) is 0.364. The number of rotatable bonds is 6. The molecule has 1 aromatic carbocycles. The molecule has 2 aromatic rings. The third-order valence-corrected chi connectivity index (χ3v) is 4.91. The molecule has 1 saturated carbocycles. The quantitative estimate of drug-likeness (QED) is 0.693. The molecular formula is C22H23F3N2O3. The molecule has 1 aliphatic rings. The molecule has 0 atom stereocenters. The Morgan fingerprint density at radius 3 is 2.37 bits per heavy atom. The highest BCUT2D eigenvalue weighted by Crippen LogP contribution is 2.30. The number of aromatic nitrogens is 1. The van der Waals surface area contributed by atoms with E-state index in [0.717, 1.165) is 36.4 Å². The molecule has 1 N–H and O–H groups in total. The predicted molar refractivity (Wildman–Crippen MR) is 106 cm³/mol. The Bertz CT molecular complexity index is 857. The molecular weight excluding hydrogens is 397 g/mol. The fourth-order valence-corrected chi connectivity index (χ4v) is 3.25.